The van der Waals surface area contributed by atoms with Crippen molar-refractivity contribution < 1.29 is 13.9 Å². The van der Waals surface area contributed by atoms with Gasteiger partial charge in [-0.3, -0.25) is 0 Å². The highest BCUT2D eigenvalue weighted by Crippen LogP contribution is 2.38. The number of hydrogen-bond acceptors (Lipinski definition) is 3. The highest BCUT2D eigenvalue weighted by atomic mass is 19.1. The molecule has 0 saturated carbocycles. The van der Waals surface area contributed by atoms with Gasteiger partial charge in [-0.1, -0.05) is 30.3 Å². The molecule has 0 saturated heterocycles. The zero-order chi connectivity index (χ0) is 26.9. The summed E-state index contributed by atoms with van der Waals surface area (Å²) < 4.78 is 23.5. The number of benzene rings is 3. The van der Waals surface area contributed by atoms with E-state index < -0.39 is 6.04 Å². The fourth-order valence-electron chi connectivity index (χ4n) is 5.14. The summed E-state index contributed by atoms with van der Waals surface area (Å²) in [5.41, 5.74) is 5.01. The third kappa shape index (κ3) is 4.54. The number of carbonyl (C=O) groups is 1. The molecule has 0 fully saturated rings. The van der Waals surface area contributed by atoms with Crippen LogP contribution in [0.25, 0.3) is 11.5 Å². The molecule has 5 aromatic rings. The first-order valence-corrected chi connectivity index (χ1v) is 12.9. The van der Waals surface area contributed by atoms with Crippen LogP contribution in [-0.4, -0.2) is 31.9 Å². The third-order valence-electron chi connectivity index (χ3n) is 6.95. The number of halogens is 1. The Balaban J connectivity index is 1.48. The summed E-state index contributed by atoms with van der Waals surface area (Å²) in [7, 11) is 0. The molecule has 0 unspecified atom stereocenters. The largest absolute Gasteiger partial charge is 0.494 e. The number of para-hydroxylation sites is 1. The monoisotopic (exact) mass is 521 g/mol. The number of carbonyl (C=O) groups excluding carboxylic acids is 1. The minimum atomic E-state index is -0.473. The number of nitrogens with zero attached hydrogens (tertiary/aromatic N) is 4. The van der Waals surface area contributed by atoms with E-state index in [-0.39, 0.29) is 11.8 Å². The van der Waals surface area contributed by atoms with Crippen molar-refractivity contribution >= 4 is 11.7 Å². The number of aryl methyl sites for hydroxylation is 1. The summed E-state index contributed by atoms with van der Waals surface area (Å²) in [6.07, 6.45) is 1.99. The van der Waals surface area contributed by atoms with Crippen LogP contribution in [0.1, 0.15) is 35.5 Å². The molecule has 39 heavy (non-hydrogen) atoms. The molecule has 1 atom stereocenters. The topological polar surface area (TPSA) is 64.3 Å². The first-order valence-electron chi connectivity index (χ1n) is 12.9. The Morgan fingerprint density at radius 2 is 1.74 bits per heavy atom. The van der Waals surface area contributed by atoms with Crippen LogP contribution in [0.2, 0.25) is 0 Å². The number of amides is 2. The Kier molecular flexibility index (Phi) is 6.36. The first kappa shape index (κ1) is 24.5. The Labute approximate surface area is 226 Å². The van der Waals surface area contributed by atoms with Crippen molar-refractivity contribution in [1.29, 1.82) is 0 Å². The van der Waals surface area contributed by atoms with Gasteiger partial charge in [0, 0.05) is 17.4 Å². The Bertz CT molecular complexity index is 1610. The molecule has 7 nitrogen and oxygen atoms in total. The second kappa shape index (κ2) is 10.1. The molecule has 6 rings (SSSR count). The fourth-order valence-corrected chi connectivity index (χ4v) is 5.14. The lowest BCUT2D eigenvalue weighted by Gasteiger charge is -2.31. The van der Waals surface area contributed by atoms with Crippen LogP contribution in [0.3, 0.4) is 0 Å². The van der Waals surface area contributed by atoms with Crippen LogP contribution >= 0.6 is 0 Å². The van der Waals surface area contributed by atoms with Crippen molar-refractivity contribution in [2.75, 3.05) is 11.9 Å². The number of urea groups is 1. The van der Waals surface area contributed by atoms with Crippen molar-refractivity contribution in [3.8, 4) is 17.3 Å². The highest BCUT2D eigenvalue weighted by Gasteiger charge is 2.36. The van der Waals surface area contributed by atoms with E-state index in [0.29, 0.717) is 18.8 Å². The Morgan fingerprint density at radius 1 is 1.00 bits per heavy atom. The van der Waals surface area contributed by atoms with Gasteiger partial charge < -0.3 is 19.5 Å². The molecule has 1 aliphatic rings. The van der Waals surface area contributed by atoms with Crippen LogP contribution in [0.4, 0.5) is 14.9 Å². The second-order valence-electron chi connectivity index (χ2n) is 9.41. The molecule has 2 aromatic heterocycles. The summed E-state index contributed by atoms with van der Waals surface area (Å²) >= 11 is 0. The van der Waals surface area contributed by atoms with Crippen molar-refractivity contribution in [2.24, 2.45) is 0 Å². The first-order chi connectivity index (χ1) is 19.0. The molecule has 0 radical (unpaired) electrons. The van der Waals surface area contributed by atoms with Gasteiger partial charge in [0.1, 0.15) is 17.4 Å². The zero-order valence-corrected chi connectivity index (χ0v) is 21.7. The number of fused-ring (bicyclic) bond motifs is 3. The second-order valence-corrected chi connectivity index (χ2v) is 9.41. The normalized spacial score (nSPS) is 14.3. The van der Waals surface area contributed by atoms with Crippen LogP contribution < -0.4 is 10.1 Å². The van der Waals surface area contributed by atoms with E-state index >= 15 is 0 Å². The summed E-state index contributed by atoms with van der Waals surface area (Å²) in [6, 6.07) is 26.8. The van der Waals surface area contributed by atoms with E-state index in [4.69, 9.17) is 9.84 Å². The maximum Gasteiger partial charge on any atom is 0.322 e. The van der Waals surface area contributed by atoms with Gasteiger partial charge >= 0.3 is 6.03 Å². The van der Waals surface area contributed by atoms with Gasteiger partial charge in [-0.25, -0.2) is 13.9 Å². The Morgan fingerprint density at radius 3 is 2.46 bits per heavy atom. The molecule has 2 amide bonds. The highest BCUT2D eigenvalue weighted by molar-refractivity contribution is 5.90. The van der Waals surface area contributed by atoms with Crippen LogP contribution in [0.15, 0.2) is 97.2 Å². The predicted molar refractivity (Wildman–Crippen MR) is 148 cm³/mol. The van der Waals surface area contributed by atoms with Crippen molar-refractivity contribution in [1.82, 2.24) is 19.2 Å². The molecular formula is C31H28FN5O2. The number of anilines is 1. The summed E-state index contributed by atoms with van der Waals surface area (Å²) in [5.74, 6) is 1.29. The number of rotatable bonds is 5. The molecule has 3 heterocycles. The molecule has 0 spiro atoms. The van der Waals surface area contributed by atoms with E-state index in [9.17, 15) is 9.18 Å². The van der Waals surface area contributed by atoms with Crippen LogP contribution in [-0.2, 0) is 6.54 Å². The molecule has 0 bridgehead atoms. The van der Waals surface area contributed by atoms with E-state index in [1.807, 2.05) is 91.5 Å². The molecule has 1 aliphatic heterocycles. The van der Waals surface area contributed by atoms with Gasteiger partial charge in [-0.2, -0.15) is 5.10 Å². The average molecular weight is 522 g/mol. The van der Waals surface area contributed by atoms with Crippen LogP contribution in [0.5, 0.6) is 5.75 Å². The van der Waals surface area contributed by atoms with Gasteiger partial charge in [0.05, 0.1) is 36.3 Å². The van der Waals surface area contributed by atoms with Gasteiger partial charge in [0.15, 0.2) is 0 Å². The van der Waals surface area contributed by atoms with E-state index in [1.165, 1.54) is 12.1 Å². The van der Waals surface area contributed by atoms with E-state index in [0.717, 1.165) is 39.8 Å². The molecule has 0 aliphatic carbocycles. The van der Waals surface area contributed by atoms with Crippen molar-refractivity contribution in [3.63, 3.8) is 0 Å². The molecule has 196 valence electrons. The number of ether oxygens (including phenoxy) is 1. The maximum atomic E-state index is 14.0. The lowest BCUT2D eigenvalue weighted by molar-refractivity contribution is 0.194. The zero-order valence-electron chi connectivity index (χ0n) is 21.7. The van der Waals surface area contributed by atoms with Crippen molar-refractivity contribution in [3.05, 3.63) is 126 Å². The molecular weight excluding hydrogens is 493 g/mol. The van der Waals surface area contributed by atoms with Gasteiger partial charge in [-0.15, -0.1) is 0 Å². The smallest absolute Gasteiger partial charge is 0.322 e. The summed E-state index contributed by atoms with van der Waals surface area (Å²) in [6.45, 7) is 4.76. The third-order valence-corrected chi connectivity index (χ3v) is 6.95. The van der Waals surface area contributed by atoms with E-state index in [2.05, 4.69) is 9.88 Å². The SMILES string of the molecule is CCOc1ccc(NC(=O)N2Cc3c(C)nn(-c4ccccc4)c3-n3cccc3[C@H]2c2ccc(F)cc2)cc1. The van der Waals surface area contributed by atoms with Gasteiger partial charge in [-0.05, 0) is 80.1 Å². The summed E-state index contributed by atoms with van der Waals surface area (Å²) in [4.78, 5) is 15.8. The molecule has 3 aromatic carbocycles. The number of nitrogens with one attached hydrogen (secondary N) is 1. The minimum Gasteiger partial charge on any atom is -0.494 e. The minimum absolute atomic E-state index is 0.277. The fraction of sp³-hybridized carbons (Fsp3) is 0.161. The van der Waals surface area contributed by atoms with Crippen LogP contribution in [0, 0.1) is 12.7 Å². The quantitative estimate of drug-likeness (QED) is 0.282. The lowest BCUT2D eigenvalue weighted by Crippen LogP contribution is -2.38. The lowest BCUT2D eigenvalue weighted by atomic mass is 10.0. The maximum absolute atomic E-state index is 14.0. The molecule has 8 heteroatoms. The van der Waals surface area contributed by atoms with Gasteiger partial charge in [0.25, 0.3) is 0 Å². The number of aromatic nitrogens is 3. The van der Waals surface area contributed by atoms with Gasteiger partial charge in [0.2, 0.25) is 0 Å². The number of hydrogen-bond donors (Lipinski definition) is 1. The Hall–Kier alpha value is -4.85. The van der Waals surface area contributed by atoms with Crippen molar-refractivity contribution in [2.45, 2.75) is 26.4 Å². The van der Waals surface area contributed by atoms with E-state index in [1.54, 1.807) is 17.0 Å². The predicted octanol–water partition coefficient (Wildman–Crippen LogP) is 6.65. The average Bonchev–Trinajstić information content (AvgIpc) is 3.51. The molecule has 1 N–H and O–H groups in total. The standard InChI is InChI=1S/C31H28FN5O2/c1-3-39-26-17-15-24(16-18-26)33-31(38)36-20-27-21(2)34-37(25-8-5-4-6-9-25)30(27)35-19-7-10-28(35)29(36)22-11-13-23(32)14-12-22/h4-19,29H,3,20H2,1-2H3,(H,33,38)/t29-/m1/s1. The summed E-state index contributed by atoms with van der Waals surface area (Å²) in [5, 5.41) is 7.92.